The van der Waals surface area contributed by atoms with Crippen LogP contribution in [0.15, 0.2) is 12.4 Å². The molecule has 0 aliphatic carbocycles. The summed E-state index contributed by atoms with van der Waals surface area (Å²) in [4.78, 5) is 7.39. The standard InChI is InChI=1S/C6H8ClN3O/c7-1-5(11)4-2-9-6(8)10-3-4/h2-3,5,11H,1H2,(H2,8,9,10). The number of rotatable bonds is 2. The molecule has 1 unspecified atom stereocenters. The summed E-state index contributed by atoms with van der Waals surface area (Å²) in [5.41, 5.74) is 5.81. The highest BCUT2D eigenvalue weighted by molar-refractivity contribution is 6.18. The molecule has 1 rings (SSSR count). The zero-order chi connectivity index (χ0) is 8.27. The summed E-state index contributed by atoms with van der Waals surface area (Å²) in [5, 5.41) is 9.17. The minimum Gasteiger partial charge on any atom is -0.387 e. The molecule has 0 spiro atoms. The van der Waals surface area contributed by atoms with Crippen molar-refractivity contribution >= 4 is 17.5 Å². The van der Waals surface area contributed by atoms with E-state index in [0.29, 0.717) is 5.56 Å². The number of aliphatic hydroxyl groups is 1. The average Bonchev–Trinajstić information content (AvgIpc) is 2.05. The lowest BCUT2D eigenvalue weighted by Crippen LogP contribution is -2.02. The lowest BCUT2D eigenvalue weighted by atomic mass is 10.2. The fourth-order valence-electron chi connectivity index (χ4n) is 0.609. The molecule has 0 saturated carbocycles. The number of nitrogen functional groups attached to an aromatic ring is 1. The predicted octanol–water partition coefficient (Wildman–Crippen LogP) is 0.331. The monoisotopic (exact) mass is 173 g/mol. The Labute approximate surface area is 69.0 Å². The maximum Gasteiger partial charge on any atom is 0.219 e. The number of aromatic nitrogens is 2. The van der Waals surface area contributed by atoms with E-state index in [9.17, 15) is 0 Å². The summed E-state index contributed by atoms with van der Waals surface area (Å²) in [6, 6.07) is 0. The fraction of sp³-hybridized carbons (Fsp3) is 0.333. The van der Waals surface area contributed by atoms with E-state index < -0.39 is 6.10 Å². The molecule has 1 heterocycles. The zero-order valence-corrected chi connectivity index (χ0v) is 6.49. The Morgan fingerprint density at radius 2 is 2.09 bits per heavy atom. The molecule has 0 amide bonds. The Hall–Kier alpha value is -0.870. The van der Waals surface area contributed by atoms with E-state index in [-0.39, 0.29) is 11.8 Å². The van der Waals surface area contributed by atoms with Gasteiger partial charge in [-0.25, -0.2) is 9.97 Å². The van der Waals surface area contributed by atoms with Crippen LogP contribution in [0.25, 0.3) is 0 Å². The number of hydrogen-bond acceptors (Lipinski definition) is 4. The molecule has 0 aromatic carbocycles. The number of alkyl halides is 1. The lowest BCUT2D eigenvalue weighted by Gasteiger charge is -2.04. The summed E-state index contributed by atoms with van der Waals surface area (Å²) in [7, 11) is 0. The van der Waals surface area contributed by atoms with Gasteiger partial charge < -0.3 is 10.8 Å². The second kappa shape index (κ2) is 3.50. The Kier molecular flexibility index (Phi) is 2.62. The molecule has 60 valence electrons. The number of anilines is 1. The van der Waals surface area contributed by atoms with Crippen LogP contribution in [-0.4, -0.2) is 21.0 Å². The first-order chi connectivity index (χ1) is 5.24. The van der Waals surface area contributed by atoms with Crippen molar-refractivity contribution in [3.8, 4) is 0 Å². The summed E-state index contributed by atoms with van der Waals surface area (Å²) >= 11 is 5.39. The van der Waals surface area contributed by atoms with Gasteiger partial charge in [-0.05, 0) is 0 Å². The Bertz CT molecular complexity index is 226. The van der Waals surface area contributed by atoms with Gasteiger partial charge in [0.05, 0.1) is 12.0 Å². The first-order valence-corrected chi connectivity index (χ1v) is 3.59. The van der Waals surface area contributed by atoms with E-state index >= 15 is 0 Å². The highest BCUT2D eigenvalue weighted by Gasteiger charge is 2.05. The Morgan fingerprint density at radius 1 is 1.55 bits per heavy atom. The second-order valence-corrected chi connectivity index (χ2v) is 2.35. The van der Waals surface area contributed by atoms with Crippen LogP contribution in [0.4, 0.5) is 5.95 Å². The van der Waals surface area contributed by atoms with Crippen molar-refractivity contribution in [2.75, 3.05) is 11.6 Å². The van der Waals surface area contributed by atoms with E-state index in [2.05, 4.69) is 9.97 Å². The molecule has 0 aliphatic heterocycles. The van der Waals surface area contributed by atoms with Crippen LogP contribution >= 0.6 is 11.6 Å². The van der Waals surface area contributed by atoms with Crippen LogP contribution in [0.1, 0.15) is 11.7 Å². The van der Waals surface area contributed by atoms with Gasteiger partial charge in [-0.15, -0.1) is 11.6 Å². The molecular formula is C6H8ClN3O. The molecule has 0 bridgehead atoms. The maximum atomic E-state index is 9.17. The Morgan fingerprint density at radius 3 is 2.55 bits per heavy atom. The van der Waals surface area contributed by atoms with Gasteiger partial charge in [0.2, 0.25) is 5.95 Å². The number of nitrogens with two attached hydrogens (primary N) is 1. The van der Waals surface area contributed by atoms with Crippen LogP contribution in [0.2, 0.25) is 0 Å². The highest BCUT2D eigenvalue weighted by atomic mass is 35.5. The van der Waals surface area contributed by atoms with Crippen molar-refractivity contribution in [2.24, 2.45) is 0 Å². The third-order valence-electron chi connectivity index (χ3n) is 1.22. The van der Waals surface area contributed by atoms with Crippen molar-refractivity contribution in [1.82, 2.24) is 9.97 Å². The minimum atomic E-state index is -0.711. The molecule has 1 atom stereocenters. The minimum absolute atomic E-state index is 0.132. The smallest absolute Gasteiger partial charge is 0.219 e. The third-order valence-corrected chi connectivity index (χ3v) is 1.52. The molecule has 0 aliphatic rings. The van der Waals surface area contributed by atoms with Gasteiger partial charge in [0.15, 0.2) is 0 Å². The fourth-order valence-corrected chi connectivity index (χ4v) is 0.787. The van der Waals surface area contributed by atoms with Crippen molar-refractivity contribution < 1.29 is 5.11 Å². The van der Waals surface area contributed by atoms with Crippen molar-refractivity contribution in [3.63, 3.8) is 0 Å². The Balaban J connectivity index is 2.81. The first kappa shape index (κ1) is 8.23. The van der Waals surface area contributed by atoms with Gasteiger partial charge in [0.25, 0.3) is 0 Å². The van der Waals surface area contributed by atoms with Gasteiger partial charge in [-0.3, -0.25) is 0 Å². The van der Waals surface area contributed by atoms with Crippen LogP contribution in [0, 0.1) is 0 Å². The predicted molar refractivity (Wildman–Crippen MR) is 42.1 cm³/mol. The van der Waals surface area contributed by atoms with E-state index in [1.807, 2.05) is 0 Å². The zero-order valence-electron chi connectivity index (χ0n) is 5.74. The van der Waals surface area contributed by atoms with Crippen LogP contribution in [-0.2, 0) is 0 Å². The average molecular weight is 174 g/mol. The van der Waals surface area contributed by atoms with Gasteiger partial charge >= 0.3 is 0 Å². The molecule has 11 heavy (non-hydrogen) atoms. The number of nitrogens with zero attached hydrogens (tertiary/aromatic N) is 2. The summed E-state index contributed by atoms with van der Waals surface area (Å²) < 4.78 is 0. The molecule has 0 radical (unpaired) electrons. The number of halogens is 1. The van der Waals surface area contributed by atoms with E-state index in [1.165, 1.54) is 12.4 Å². The van der Waals surface area contributed by atoms with Crippen molar-refractivity contribution in [1.29, 1.82) is 0 Å². The van der Waals surface area contributed by atoms with E-state index in [1.54, 1.807) is 0 Å². The molecular weight excluding hydrogens is 166 g/mol. The van der Waals surface area contributed by atoms with E-state index in [4.69, 9.17) is 22.4 Å². The third kappa shape index (κ3) is 2.03. The molecule has 1 aromatic heterocycles. The second-order valence-electron chi connectivity index (χ2n) is 2.04. The lowest BCUT2D eigenvalue weighted by molar-refractivity contribution is 0.202. The maximum absolute atomic E-state index is 9.17. The van der Waals surface area contributed by atoms with Crippen LogP contribution in [0.3, 0.4) is 0 Å². The summed E-state index contributed by atoms with van der Waals surface area (Å²) in [5.74, 6) is 0.323. The van der Waals surface area contributed by atoms with Crippen LogP contribution < -0.4 is 5.73 Å². The summed E-state index contributed by atoms with van der Waals surface area (Å²) in [6.45, 7) is 0. The molecule has 0 fully saturated rings. The van der Waals surface area contributed by atoms with Gasteiger partial charge in [-0.2, -0.15) is 0 Å². The largest absolute Gasteiger partial charge is 0.387 e. The number of hydrogen-bond donors (Lipinski definition) is 2. The van der Waals surface area contributed by atoms with Crippen molar-refractivity contribution in [3.05, 3.63) is 18.0 Å². The summed E-state index contributed by atoms with van der Waals surface area (Å²) in [6.07, 6.45) is 2.20. The van der Waals surface area contributed by atoms with Crippen LogP contribution in [0.5, 0.6) is 0 Å². The quantitative estimate of drug-likeness (QED) is 0.633. The van der Waals surface area contributed by atoms with Gasteiger partial charge in [-0.1, -0.05) is 0 Å². The van der Waals surface area contributed by atoms with Crippen molar-refractivity contribution in [2.45, 2.75) is 6.10 Å². The van der Waals surface area contributed by atoms with Gasteiger partial charge in [0, 0.05) is 18.0 Å². The molecule has 5 heteroatoms. The first-order valence-electron chi connectivity index (χ1n) is 3.05. The van der Waals surface area contributed by atoms with Gasteiger partial charge in [0.1, 0.15) is 0 Å². The number of aliphatic hydroxyl groups excluding tert-OH is 1. The SMILES string of the molecule is Nc1ncc(C(O)CCl)cn1. The molecule has 4 nitrogen and oxygen atoms in total. The highest BCUT2D eigenvalue weighted by Crippen LogP contribution is 2.11. The molecule has 0 saturated heterocycles. The molecule has 1 aromatic rings. The topological polar surface area (TPSA) is 72.0 Å². The van der Waals surface area contributed by atoms with E-state index in [0.717, 1.165) is 0 Å². The molecule has 3 N–H and O–H groups in total. The normalized spacial score (nSPS) is 12.9.